The Morgan fingerprint density at radius 1 is 1.10 bits per heavy atom. The second-order valence-corrected chi connectivity index (χ2v) is 10.4. The molecule has 2 aromatic rings. The first-order chi connectivity index (χ1) is 14.6. The second-order valence-electron chi connectivity index (χ2n) is 8.62. The molecule has 31 heavy (non-hydrogen) atoms. The fourth-order valence-electron chi connectivity index (χ4n) is 3.21. The summed E-state index contributed by atoms with van der Waals surface area (Å²) < 4.78 is 38.3. The van der Waals surface area contributed by atoms with E-state index in [2.05, 4.69) is 30.8 Å². The molecule has 1 aliphatic heterocycles. The molecule has 7 nitrogen and oxygen atoms in total. The topological polar surface area (TPSA) is 93.7 Å². The van der Waals surface area contributed by atoms with Gasteiger partial charge in [0.1, 0.15) is 5.75 Å². The molecule has 1 unspecified atom stereocenters. The maximum absolute atomic E-state index is 12.4. The van der Waals surface area contributed by atoms with E-state index in [9.17, 15) is 13.2 Å². The van der Waals surface area contributed by atoms with Crippen molar-refractivity contribution in [2.45, 2.75) is 50.0 Å². The van der Waals surface area contributed by atoms with Crippen molar-refractivity contribution in [3.8, 4) is 5.75 Å². The van der Waals surface area contributed by atoms with Crippen LogP contribution in [0.2, 0.25) is 0 Å². The molecule has 1 atom stereocenters. The Labute approximate surface area is 184 Å². The van der Waals surface area contributed by atoms with Crippen LogP contribution in [0.1, 0.15) is 39.2 Å². The predicted octanol–water partition coefficient (Wildman–Crippen LogP) is 3.46. The Morgan fingerprint density at radius 2 is 1.77 bits per heavy atom. The third kappa shape index (κ3) is 6.78. The zero-order valence-electron chi connectivity index (χ0n) is 18.2. The van der Waals surface area contributed by atoms with Gasteiger partial charge in [-0.2, -0.15) is 0 Å². The van der Waals surface area contributed by atoms with Gasteiger partial charge in [0.05, 0.1) is 11.0 Å². The van der Waals surface area contributed by atoms with Crippen LogP contribution in [0.15, 0.2) is 53.4 Å². The largest absolute Gasteiger partial charge is 0.484 e. The lowest BCUT2D eigenvalue weighted by atomic mass is 9.87. The van der Waals surface area contributed by atoms with Gasteiger partial charge in [-0.3, -0.25) is 4.79 Å². The van der Waals surface area contributed by atoms with Crippen molar-refractivity contribution in [3.63, 3.8) is 0 Å². The Balaban J connectivity index is 1.49. The van der Waals surface area contributed by atoms with Crippen LogP contribution in [0, 0.1) is 0 Å². The molecule has 0 saturated carbocycles. The van der Waals surface area contributed by atoms with Gasteiger partial charge in [0.25, 0.3) is 5.91 Å². The molecular formula is C23H30N2O5S. The molecule has 0 aliphatic carbocycles. The first-order valence-electron chi connectivity index (χ1n) is 10.4. The summed E-state index contributed by atoms with van der Waals surface area (Å²) in [6.45, 7) is 7.19. The molecular weight excluding hydrogens is 416 g/mol. The minimum absolute atomic E-state index is 0.0509. The molecule has 0 radical (unpaired) electrons. The number of hydrogen-bond acceptors (Lipinski definition) is 5. The monoisotopic (exact) mass is 446 g/mol. The predicted molar refractivity (Wildman–Crippen MR) is 120 cm³/mol. The van der Waals surface area contributed by atoms with E-state index in [-0.39, 0.29) is 35.5 Å². The third-order valence-electron chi connectivity index (χ3n) is 5.06. The molecule has 0 aromatic heterocycles. The van der Waals surface area contributed by atoms with E-state index in [1.807, 2.05) is 24.3 Å². The summed E-state index contributed by atoms with van der Waals surface area (Å²) in [5.41, 5.74) is 1.73. The molecule has 1 amide bonds. The normalized spacial score (nSPS) is 16.8. The highest BCUT2D eigenvalue weighted by Gasteiger charge is 2.20. The number of ether oxygens (including phenoxy) is 2. The van der Waals surface area contributed by atoms with Gasteiger partial charge in [0, 0.05) is 18.8 Å². The Hall–Kier alpha value is -2.42. The fourth-order valence-corrected chi connectivity index (χ4v) is 4.27. The SMILES string of the molecule is CC(C)(C)c1ccc(OCC(=O)Nc2ccc(S(=O)(=O)NCC3CCCO3)cc2)cc1. The van der Waals surface area contributed by atoms with Crippen LogP contribution in [0.25, 0.3) is 0 Å². The van der Waals surface area contributed by atoms with E-state index in [4.69, 9.17) is 9.47 Å². The lowest BCUT2D eigenvalue weighted by Crippen LogP contribution is -2.31. The molecule has 8 heteroatoms. The second kappa shape index (κ2) is 9.80. The lowest BCUT2D eigenvalue weighted by molar-refractivity contribution is -0.118. The smallest absolute Gasteiger partial charge is 0.262 e. The highest BCUT2D eigenvalue weighted by atomic mass is 32.2. The van der Waals surface area contributed by atoms with Gasteiger partial charge in [0.15, 0.2) is 6.61 Å². The van der Waals surface area contributed by atoms with E-state index in [1.165, 1.54) is 17.7 Å². The van der Waals surface area contributed by atoms with Crippen LogP contribution >= 0.6 is 0 Å². The van der Waals surface area contributed by atoms with Crippen LogP contribution in [0.4, 0.5) is 5.69 Å². The number of carbonyl (C=O) groups excluding carboxylic acids is 1. The highest BCUT2D eigenvalue weighted by Crippen LogP contribution is 2.24. The van der Waals surface area contributed by atoms with Gasteiger partial charge < -0.3 is 14.8 Å². The Morgan fingerprint density at radius 3 is 2.35 bits per heavy atom. The number of nitrogens with one attached hydrogen (secondary N) is 2. The van der Waals surface area contributed by atoms with Gasteiger partial charge in [-0.1, -0.05) is 32.9 Å². The number of carbonyl (C=O) groups is 1. The van der Waals surface area contributed by atoms with E-state index in [1.54, 1.807) is 12.1 Å². The molecule has 2 aromatic carbocycles. The average Bonchev–Trinajstić information content (AvgIpc) is 3.25. The summed E-state index contributed by atoms with van der Waals surface area (Å²) >= 11 is 0. The molecule has 1 fully saturated rings. The summed E-state index contributed by atoms with van der Waals surface area (Å²) in [5, 5.41) is 2.70. The lowest BCUT2D eigenvalue weighted by Gasteiger charge is -2.19. The van der Waals surface area contributed by atoms with Gasteiger partial charge in [-0.25, -0.2) is 13.1 Å². The van der Waals surface area contributed by atoms with Crippen LogP contribution < -0.4 is 14.8 Å². The zero-order valence-corrected chi connectivity index (χ0v) is 19.0. The highest BCUT2D eigenvalue weighted by molar-refractivity contribution is 7.89. The number of sulfonamides is 1. The van der Waals surface area contributed by atoms with Crippen molar-refractivity contribution < 1.29 is 22.7 Å². The maximum Gasteiger partial charge on any atom is 0.262 e. The van der Waals surface area contributed by atoms with Crippen molar-refractivity contribution in [3.05, 3.63) is 54.1 Å². The molecule has 2 N–H and O–H groups in total. The van der Waals surface area contributed by atoms with Gasteiger partial charge in [-0.15, -0.1) is 0 Å². The average molecular weight is 447 g/mol. The first-order valence-corrected chi connectivity index (χ1v) is 11.9. The van der Waals surface area contributed by atoms with Gasteiger partial charge in [-0.05, 0) is 60.2 Å². The van der Waals surface area contributed by atoms with Gasteiger partial charge >= 0.3 is 0 Å². The quantitative estimate of drug-likeness (QED) is 0.648. The molecule has 1 saturated heterocycles. The molecule has 168 valence electrons. The molecule has 3 rings (SSSR count). The van der Waals surface area contributed by atoms with Gasteiger partial charge in [0.2, 0.25) is 10.0 Å². The minimum atomic E-state index is -3.62. The van der Waals surface area contributed by atoms with Crippen molar-refractivity contribution >= 4 is 21.6 Å². The van der Waals surface area contributed by atoms with E-state index in [0.717, 1.165) is 12.8 Å². The molecule has 0 spiro atoms. The molecule has 0 bridgehead atoms. The third-order valence-corrected chi connectivity index (χ3v) is 6.50. The Kier molecular flexibility index (Phi) is 7.35. The van der Waals surface area contributed by atoms with E-state index < -0.39 is 10.0 Å². The molecule has 1 heterocycles. The summed E-state index contributed by atoms with van der Waals surface area (Å²) in [7, 11) is -3.62. The minimum Gasteiger partial charge on any atom is -0.484 e. The van der Waals surface area contributed by atoms with Crippen molar-refractivity contribution in [2.24, 2.45) is 0 Å². The number of amides is 1. The number of benzene rings is 2. The van der Waals surface area contributed by atoms with E-state index >= 15 is 0 Å². The van der Waals surface area contributed by atoms with Crippen molar-refractivity contribution in [1.82, 2.24) is 4.72 Å². The van der Waals surface area contributed by atoms with E-state index in [0.29, 0.717) is 18.0 Å². The summed E-state index contributed by atoms with van der Waals surface area (Å²) in [6.07, 6.45) is 1.74. The van der Waals surface area contributed by atoms with Crippen LogP contribution in [-0.2, 0) is 25.0 Å². The number of hydrogen-bond donors (Lipinski definition) is 2. The van der Waals surface area contributed by atoms with Crippen molar-refractivity contribution in [1.29, 1.82) is 0 Å². The van der Waals surface area contributed by atoms with Crippen LogP contribution in [-0.4, -0.2) is 40.2 Å². The molecule has 1 aliphatic rings. The standard InChI is InChI=1S/C23H30N2O5S/c1-23(2,3)17-6-10-19(11-7-17)30-16-22(26)25-18-8-12-21(13-9-18)31(27,28)24-15-20-5-4-14-29-20/h6-13,20,24H,4-5,14-16H2,1-3H3,(H,25,26). The fraction of sp³-hybridized carbons (Fsp3) is 0.435. The zero-order chi connectivity index (χ0) is 22.5. The van der Waals surface area contributed by atoms with Crippen LogP contribution in [0.3, 0.4) is 0 Å². The summed E-state index contributed by atoms with van der Waals surface area (Å²) in [4.78, 5) is 12.3. The summed E-state index contributed by atoms with van der Waals surface area (Å²) in [6, 6.07) is 13.7. The Bertz CT molecular complexity index is 974. The first kappa shape index (κ1) is 23.2. The number of anilines is 1. The van der Waals surface area contributed by atoms with Crippen LogP contribution in [0.5, 0.6) is 5.75 Å². The summed E-state index contributed by atoms with van der Waals surface area (Å²) in [5.74, 6) is 0.286. The maximum atomic E-state index is 12.4. The van der Waals surface area contributed by atoms with Crippen molar-refractivity contribution in [2.75, 3.05) is 25.1 Å². The number of rotatable bonds is 8.